The van der Waals surface area contributed by atoms with Crippen LogP contribution in [-0.4, -0.2) is 35.8 Å². The molecule has 0 aliphatic carbocycles. The number of rotatable bonds is 9. The number of hydrogen-bond acceptors (Lipinski definition) is 4. The van der Waals surface area contributed by atoms with Gasteiger partial charge in [-0.05, 0) is 36.1 Å². The zero-order chi connectivity index (χ0) is 20.4. The van der Waals surface area contributed by atoms with Gasteiger partial charge in [0.2, 0.25) is 11.8 Å². The summed E-state index contributed by atoms with van der Waals surface area (Å²) in [5, 5.41) is 5.49. The number of benzene rings is 1. The monoisotopic (exact) mass is 440 g/mol. The minimum atomic E-state index is -0.368. The quantitative estimate of drug-likeness (QED) is 0.346. The maximum Gasteiger partial charge on any atom is 0.338 e. The standard InChI is InChI=1S/C20H29BrN2O4/c1-5-6-13-27-19(26)14-7-9-15(10-8-14)23-16(24)11-12-22-18(25)17(21)20(2,3)4/h7-10,17H,5-6,11-13H2,1-4H3,(H,22,25)(H,23,24). The van der Waals surface area contributed by atoms with E-state index in [1.165, 1.54) is 0 Å². The van der Waals surface area contributed by atoms with E-state index in [0.717, 1.165) is 12.8 Å². The number of carbonyl (C=O) groups excluding carboxylic acids is 3. The highest BCUT2D eigenvalue weighted by Gasteiger charge is 2.28. The third kappa shape index (κ3) is 8.56. The molecule has 0 saturated carbocycles. The average molecular weight is 441 g/mol. The first kappa shape index (κ1) is 23.1. The molecule has 0 radical (unpaired) electrons. The molecule has 27 heavy (non-hydrogen) atoms. The Morgan fingerprint density at radius 3 is 2.33 bits per heavy atom. The molecule has 0 spiro atoms. The third-order valence-corrected chi connectivity index (χ3v) is 5.57. The molecule has 0 aliphatic heterocycles. The molecule has 2 N–H and O–H groups in total. The van der Waals surface area contributed by atoms with Crippen LogP contribution in [0.25, 0.3) is 0 Å². The zero-order valence-corrected chi connectivity index (χ0v) is 18.0. The molecule has 2 amide bonds. The van der Waals surface area contributed by atoms with Gasteiger partial charge in [0.05, 0.1) is 17.0 Å². The third-order valence-electron chi connectivity index (χ3n) is 3.78. The number of esters is 1. The van der Waals surface area contributed by atoms with Crippen molar-refractivity contribution in [1.29, 1.82) is 0 Å². The van der Waals surface area contributed by atoms with Crippen molar-refractivity contribution in [1.82, 2.24) is 5.32 Å². The summed E-state index contributed by atoms with van der Waals surface area (Å²) in [6.45, 7) is 8.57. The van der Waals surface area contributed by atoms with Crippen LogP contribution < -0.4 is 10.6 Å². The van der Waals surface area contributed by atoms with Crippen molar-refractivity contribution in [3.8, 4) is 0 Å². The molecule has 1 atom stereocenters. The molecule has 0 heterocycles. The predicted molar refractivity (Wildman–Crippen MR) is 110 cm³/mol. The highest BCUT2D eigenvalue weighted by atomic mass is 79.9. The Bertz CT molecular complexity index is 638. The number of anilines is 1. The van der Waals surface area contributed by atoms with Gasteiger partial charge in [0.15, 0.2) is 0 Å². The Morgan fingerprint density at radius 1 is 1.15 bits per heavy atom. The fourth-order valence-corrected chi connectivity index (χ4v) is 2.25. The zero-order valence-electron chi connectivity index (χ0n) is 16.4. The summed E-state index contributed by atoms with van der Waals surface area (Å²) in [6, 6.07) is 6.54. The van der Waals surface area contributed by atoms with Crippen LogP contribution in [0.2, 0.25) is 0 Å². The lowest BCUT2D eigenvalue weighted by Crippen LogP contribution is -2.39. The van der Waals surface area contributed by atoms with Crippen molar-refractivity contribution < 1.29 is 19.1 Å². The van der Waals surface area contributed by atoms with Gasteiger partial charge >= 0.3 is 5.97 Å². The number of carbonyl (C=O) groups is 3. The summed E-state index contributed by atoms with van der Waals surface area (Å²) < 4.78 is 5.14. The van der Waals surface area contributed by atoms with Crippen molar-refractivity contribution >= 4 is 39.4 Å². The van der Waals surface area contributed by atoms with Crippen LogP contribution in [0.5, 0.6) is 0 Å². The molecule has 7 heteroatoms. The molecule has 0 aromatic heterocycles. The van der Waals surface area contributed by atoms with Crippen molar-refractivity contribution in [2.24, 2.45) is 5.41 Å². The van der Waals surface area contributed by atoms with Crippen molar-refractivity contribution in [3.05, 3.63) is 29.8 Å². The van der Waals surface area contributed by atoms with Gasteiger partial charge < -0.3 is 15.4 Å². The van der Waals surface area contributed by atoms with Crippen LogP contribution in [0.4, 0.5) is 5.69 Å². The topological polar surface area (TPSA) is 84.5 Å². The second-order valence-corrected chi connectivity index (χ2v) is 8.30. The fraction of sp³-hybridized carbons (Fsp3) is 0.550. The number of unbranched alkanes of at least 4 members (excludes halogenated alkanes) is 1. The minimum absolute atomic E-state index is 0.138. The van der Waals surface area contributed by atoms with Crippen LogP contribution in [0, 0.1) is 5.41 Å². The molecule has 0 saturated heterocycles. The smallest absolute Gasteiger partial charge is 0.338 e. The van der Waals surface area contributed by atoms with Crippen LogP contribution in [0.3, 0.4) is 0 Å². The van der Waals surface area contributed by atoms with E-state index in [1.807, 2.05) is 27.7 Å². The number of ether oxygens (including phenoxy) is 1. The van der Waals surface area contributed by atoms with E-state index in [2.05, 4.69) is 26.6 Å². The Balaban J connectivity index is 2.40. The van der Waals surface area contributed by atoms with E-state index in [-0.39, 0.29) is 41.0 Å². The molecular formula is C20H29BrN2O4. The molecule has 150 valence electrons. The van der Waals surface area contributed by atoms with E-state index in [9.17, 15) is 14.4 Å². The van der Waals surface area contributed by atoms with E-state index in [4.69, 9.17) is 4.74 Å². The van der Waals surface area contributed by atoms with E-state index >= 15 is 0 Å². The molecule has 1 aromatic rings. The minimum Gasteiger partial charge on any atom is -0.462 e. The largest absolute Gasteiger partial charge is 0.462 e. The van der Waals surface area contributed by atoms with Gasteiger partial charge in [0, 0.05) is 18.7 Å². The normalized spacial score (nSPS) is 12.2. The van der Waals surface area contributed by atoms with Crippen LogP contribution in [0.1, 0.15) is 57.3 Å². The Labute approximate surface area is 169 Å². The molecule has 1 unspecified atom stereocenters. The van der Waals surface area contributed by atoms with E-state index in [1.54, 1.807) is 24.3 Å². The van der Waals surface area contributed by atoms with Gasteiger partial charge in [0.1, 0.15) is 0 Å². The van der Waals surface area contributed by atoms with Crippen LogP contribution in [-0.2, 0) is 14.3 Å². The Morgan fingerprint density at radius 2 is 1.78 bits per heavy atom. The number of hydrogen-bond donors (Lipinski definition) is 2. The Kier molecular flexibility index (Phi) is 9.49. The lowest BCUT2D eigenvalue weighted by Gasteiger charge is -2.24. The SMILES string of the molecule is CCCCOC(=O)c1ccc(NC(=O)CCNC(=O)C(Br)C(C)(C)C)cc1. The number of amides is 2. The predicted octanol–water partition coefficient (Wildman–Crippen LogP) is 3.90. The van der Waals surface area contributed by atoms with Crippen molar-refractivity contribution in [2.75, 3.05) is 18.5 Å². The number of nitrogens with one attached hydrogen (secondary N) is 2. The van der Waals surface area contributed by atoms with Crippen molar-refractivity contribution in [2.45, 2.75) is 51.8 Å². The number of alkyl halides is 1. The van der Waals surface area contributed by atoms with E-state index in [0.29, 0.717) is 17.9 Å². The first-order chi connectivity index (χ1) is 12.6. The van der Waals surface area contributed by atoms with Gasteiger partial charge in [-0.15, -0.1) is 0 Å². The lowest BCUT2D eigenvalue weighted by atomic mass is 9.92. The highest BCUT2D eigenvalue weighted by Crippen LogP contribution is 2.25. The molecule has 0 fully saturated rings. The van der Waals surface area contributed by atoms with Crippen LogP contribution in [0.15, 0.2) is 24.3 Å². The van der Waals surface area contributed by atoms with Crippen LogP contribution >= 0.6 is 15.9 Å². The molecule has 0 bridgehead atoms. The summed E-state index contributed by atoms with van der Waals surface area (Å²) in [5.41, 5.74) is 0.831. The first-order valence-electron chi connectivity index (χ1n) is 9.14. The maximum atomic E-state index is 12.0. The Hall–Kier alpha value is -1.89. The second kappa shape index (κ2) is 11.1. The van der Waals surface area contributed by atoms with Crippen molar-refractivity contribution in [3.63, 3.8) is 0 Å². The van der Waals surface area contributed by atoms with Gasteiger partial charge in [0.25, 0.3) is 0 Å². The highest BCUT2D eigenvalue weighted by molar-refractivity contribution is 9.10. The summed E-state index contributed by atoms with van der Waals surface area (Å²) in [5.74, 6) is -0.719. The summed E-state index contributed by atoms with van der Waals surface area (Å²) in [4.78, 5) is 35.5. The summed E-state index contributed by atoms with van der Waals surface area (Å²) in [7, 11) is 0. The number of halogens is 1. The molecular weight excluding hydrogens is 412 g/mol. The average Bonchev–Trinajstić information content (AvgIpc) is 2.60. The molecule has 6 nitrogen and oxygen atoms in total. The van der Waals surface area contributed by atoms with Gasteiger partial charge in [-0.1, -0.05) is 50.0 Å². The van der Waals surface area contributed by atoms with Gasteiger partial charge in [-0.3, -0.25) is 9.59 Å². The van der Waals surface area contributed by atoms with Gasteiger partial charge in [-0.2, -0.15) is 0 Å². The second-order valence-electron chi connectivity index (χ2n) is 7.38. The summed E-state index contributed by atoms with van der Waals surface area (Å²) >= 11 is 3.37. The molecule has 1 aromatic carbocycles. The van der Waals surface area contributed by atoms with Gasteiger partial charge in [-0.25, -0.2) is 4.79 Å². The first-order valence-corrected chi connectivity index (χ1v) is 10.1. The lowest BCUT2D eigenvalue weighted by molar-refractivity contribution is -0.122. The van der Waals surface area contributed by atoms with E-state index < -0.39 is 0 Å². The molecule has 0 aliphatic rings. The summed E-state index contributed by atoms with van der Waals surface area (Å²) in [6.07, 6.45) is 1.96. The fourth-order valence-electron chi connectivity index (χ4n) is 2.09. The maximum absolute atomic E-state index is 12.0. The molecule has 1 rings (SSSR count).